The van der Waals surface area contributed by atoms with E-state index in [9.17, 15) is 35.5 Å². The molecule has 37 heavy (non-hydrogen) atoms. The van der Waals surface area contributed by atoms with Gasteiger partial charge in [-0.2, -0.15) is 26.3 Å². The molecule has 2 saturated heterocycles. The molecule has 0 radical (unpaired) electrons. The van der Waals surface area contributed by atoms with Crippen molar-refractivity contribution in [3.8, 4) is 0 Å². The summed E-state index contributed by atoms with van der Waals surface area (Å²) < 4.78 is 93.8. The standard InChI is InChI=1S/C26H28F7N3O/c1-35(24(37)17-12-18(25(28,29)30)14-19(13-17)26(31,32)33)23-8-11-36(21-6-9-34-10-7-21)15-22(23)16-2-4-20(27)5-3-16/h2-5,12-14,21-23,34H,6-11,15H2,1H3/t22-,23+/m0/s1. The van der Waals surface area contributed by atoms with Crippen molar-refractivity contribution in [3.05, 3.63) is 70.5 Å². The van der Waals surface area contributed by atoms with Gasteiger partial charge in [0.05, 0.1) is 11.1 Å². The van der Waals surface area contributed by atoms with E-state index in [2.05, 4.69) is 10.2 Å². The number of alkyl halides is 6. The third-order valence-electron chi connectivity index (χ3n) is 7.38. The van der Waals surface area contributed by atoms with Gasteiger partial charge >= 0.3 is 12.4 Å². The zero-order valence-corrected chi connectivity index (χ0v) is 20.2. The minimum Gasteiger partial charge on any atom is -0.338 e. The molecule has 2 aromatic carbocycles. The van der Waals surface area contributed by atoms with Crippen molar-refractivity contribution in [2.24, 2.45) is 0 Å². The Morgan fingerprint density at radius 1 is 0.919 bits per heavy atom. The van der Waals surface area contributed by atoms with Gasteiger partial charge in [-0.25, -0.2) is 4.39 Å². The number of nitrogens with zero attached hydrogens (tertiary/aromatic N) is 2. The zero-order chi connectivity index (χ0) is 27.0. The number of rotatable bonds is 4. The van der Waals surface area contributed by atoms with E-state index in [-0.39, 0.29) is 12.0 Å². The fourth-order valence-corrected chi connectivity index (χ4v) is 5.40. The van der Waals surface area contributed by atoms with Gasteiger partial charge in [-0.1, -0.05) is 12.1 Å². The Morgan fingerprint density at radius 2 is 1.49 bits per heavy atom. The predicted molar refractivity (Wildman–Crippen MR) is 124 cm³/mol. The van der Waals surface area contributed by atoms with Gasteiger partial charge in [-0.15, -0.1) is 0 Å². The van der Waals surface area contributed by atoms with Crippen molar-refractivity contribution in [2.75, 3.05) is 33.2 Å². The van der Waals surface area contributed by atoms with Gasteiger partial charge in [-0.05, 0) is 68.2 Å². The molecule has 0 unspecified atom stereocenters. The van der Waals surface area contributed by atoms with E-state index in [1.165, 1.54) is 24.1 Å². The van der Waals surface area contributed by atoms with Gasteiger partial charge in [0, 0.05) is 43.7 Å². The van der Waals surface area contributed by atoms with E-state index in [1.54, 1.807) is 12.1 Å². The number of halogens is 7. The first-order valence-corrected chi connectivity index (χ1v) is 12.1. The fraction of sp³-hybridized carbons (Fsp3) is 0.500. The average molecular weight is 532 g/mol. The molecular weight excluding hydrogens is 503 g/mol. The highest BCUT2D eigenvalue weighted by atomic mass is 19.4. The molecule has 1 N–H and O–H groups in total. The number of piperidine rings is 2. The van der Waals surface area contributed by atoms with Gasteiger partial charge in [0.25, 0.3) is 5.91 Å². The van der Waals surface area contributed by atoms with Crippen molar-refractivity contribution < 1.29 is 35.5 Å². The van der Waals surface area contributed by atoms with Crippen LogP contribution in [0.5, 0.6) is 0 Å². The van der Waals surface area contributed by atoms with Crippen LogP contribution < -0.4 is 5.32 Å². The van der Waals surface area contributed by atoms with Crippen molar-refractivity contribution >= 4 is 5.91 Å². The minimum absolute atomic E-state index is 0.00954. The van der Waals surface area contributed by atoms with Gasteiger partial charge < -0.3 is 10.2 Å². The van der Waals surface area contributed by atoms with Crippen molar-refractivity contribution in [1.82, 2.24) is 15.1 Å². The van der Waals surface area contributed by atoms with Crippen LogP contribution >= 0.6 is 0 Å². The summed E-state index contributed by atoms with van der Waals surface area (Å²) in [5.74, 6) is -1.66. The lowest BCUT2D eigenvalue weighted by atomic mass is 9.83. The third kappa shape index (κ3) is 6.26. The number of nitrogens with one attached hydrogen (secondary N) is 1. The second-order valence-electron chi connectivity index (χ2n) is 9.70. The summed E-state index contributed by atoms with van der Waals surface area (Å²) in [6.45, 7) is 2.92. The van der Waals surface area contributed by atoms with Crippen LogP contribution in [-0.4, -0.2) is 61.0 Å². The van der Waals surface area contributed by atoms with Gasteiger partial charge in [0.2, 0.25) is 0 Å². The summed E-state index contributed by atoms with van der Waals surface area (Å²) in [5, 5.41) is 3.31. The van der Waals surface area contributed by atoms with Gasteiger partial charge in [0.15, 0.2) is 0 Å². The normalized spacial score (nSPS) is 22.2. The Balaban J connectivity index is 1.65. The lowest BCUT2D eigenvalue weighted by Gasteiger charge is -2.46. The average Bonchev–Trinajstić information content (AvgIpc) is 2.87. The number of benzene rings is 2. The first-order chi connectivity index (χ1) is 17.3. The van der Waals surface area contributed by atoms with Crippen LogP contribution in [0, 0.1) is 5.82 Å². The monoisotopic (exact) mass is 531 g/mol. The fourth-order valence-electron chi connectivity index (χ4n) is 5.40. The van der Waals surface area contributed by atoms with Gasteiger partial charge in [0.1, 0.15) is 5.82 Å². The molecule has 11 heteroatoms. The first-order valence-electron chi connectivity index (χ1n) is 12.1. The summed E-state index contributed by atoms with van der Waals surface area (Å²) in [5.41, 5.74) is -2.99. The van der Waals surface area contributed by atoms with Crippen LogP contribution in [0.4, 0.5) is 30.7 Å². The number of hydrogen-bond donors (Lipinski definition) is 1. The van der Waals surface area contributed by atoms with Crippen LogP contribution in [0.25, 0.3) is 0 Å². The number of likely N-dealkylation sites (N-methyl/N-ethyl adjacent to an activating group) is 1. The molecule has 1 amide bonds. The number of carbonyl (C=O) groups is 1. The van der Waals surface area contributed by atoms with Crippen LogP contribution in [0.15, 0.2) is 42.5 Å². The molecular formula is C26H28F7N3O. The smallest absolute Gasteiger partial charge is 0.338 e. The van der Waals surface area contributed by atoms with Crippen molar-refractivity contribution in [1.29, 1.82) is 0 Å². The van der Waals surface area contributed by atoms with E-state index in [4.69, 9.17) is 0 Å². The van der Waals surface area contributed by atoms with Crippen LogP contribution in [0.3, 0.4) is 0 Å². The lowest BCUT2D eigenvalue weighted by molar-refractivity contribution is -0.143. The number of carbonyl (C=O) groups excluding carboxylic acids is 1. The summed E-state index contributed by atoms with van der Waals surface area (Å²) in [4.78, 5) is 16.9. The molecule has 2 atom stereocenters. The topological polar surface area (TPSA) is 35.6 Å². The maximum atomic E-state index is 13.6. The lowest BCUT2D eigenvalue weighted by Crippen LogP contribution is -2.54. The molecule has 0 aliphatic carbocycles. The zero-order valence-electron chi connectivity index (χ0n) is 20.2. The Morgan fingerprint density at radius 3 is 2.03 bits per heavy atom. The summed E-state index contributed by atoms with van der Waals surface area (Å²) >= 11 is 0. The highest BCUT2D eigenvalue weighted by Gasteiger charge is 2.40. The van der Waals surface area contributed by atoms with Crippen molar-refractivity contribution in [3.63, 3.8) is 0 Å². The number of amides is 1. The summed E-state index contributed by atoms with van der Waals surface area (Å²) in [6.07, 6.45) is -7.74. The summed E-state index contributed by atoms with van der Waals surface area (Å²) in [6, 6.07) is 6.60. The van der Waals surface area contributed by atoms with E-state index < -0.39 is 46.8 Å². The van der Waals surface area contributed by atoms with Crippen LogP contribution in [0.1, 0.15) is 52.2 Å². The SMILES string of the molecule is CN(C(=O)c1cc(C(F)(F)F)cc(C(F)(F)F)c1)[C@@H]1CCN(C2CCNCC2)C[C@H]1c1ccc(F)cc1. The second kappa shape index (κ2) is 10.6. The molecule has 4 rings (SSSR count). The molecule has 2 heterocycles. The molecule has 2 aliphatic rings. The largest absolute Gasteiger partial charge is 0.416 e. The maximum absolute atomic E-state index is 13.6. The first kappa shape index (κ1) is 27.4. The van der Waals surface area contributed by atoms with Crippen LogP contribution in [0.2, 0.25) is 0 Å². The Bertz CT molecular complexity index is 1060. The highest BCUT2D eigenvalue weighted by molar-refractivity contribution is 5.94. The molecule has 202 valence electrons. The maximum Gasteiger partial charge on any atom is 0.416 e. The molecule has 2 fully saturated rings. The molecule has 0 spiro atoms. The molecule has 2 aliphatic heterocycles. The Labute approximate surface area is 210 Å². The number of likely N-dealkylation sites (tertiary alicyclic amines) is 1. The molecule has 0 saturated carbocycles. The Kier molecular flexibility index (Phi) is 7.85. The quantitative estimate of drug-likeness (QED) is 0.526. The third-order valence-corrected chi connectivity index (χ3v) is 7.38. The Hall–Kier alpha value is -2.66. The van der Waals surface area contributed by atoms with E-state index in [0.29, 0.717) is 37.7 Å². The minimum atomic E-state index is -5.05. The van der Waals surface area contributed by atoms with E-state index >= 15 is 0 Å². The molecule has 2 aromatic rings. The van der Waals surface area contributed by atoms with E-state index in [1.807, 2.05) is 0 Å². The second-order valence-corrected chi connectivity index (χ2v) is 9.70. The predicted octanol–water partition coefficient (Wildman–Crippen LogP) is 5.55. The molecule has 4 nitrogen and oxygen atoms in total. The highest BCUT2D eigenvalue weighted by Crippen LogP contribution is 2.38. The van der Waals surface area contributed by atoms with Gasteiger partial charge in [-0.3, -0.25) is 9.69 Å². The molecule has 0 bridgehead atoms. The van der Waals surface area contributed by atoms with E-state index in [0.717, 1.165) is 31.5 Å². The van der Waals surface area contributed by atoms with Crippen LogP contribution in [-0.2, 0) is 12.4 Å². The summed E-state index contributed by atoms with van der Waals surface area (Å²) in [7, 11) is 1.40. The van der Waals surface area contributed by atoms with Crippen molar-refractivity contribution in [2.45, 2.75) is 49.6 Å². The molecule has 0 aromatic heterocycles. The number of hydrogen-bond acceptors (Lipinski definition) is 3.